The van der Waals surface area contributed by atoms with Crippen LogP contribution in [-0.4, -0.2) is 53.2 Å². The topological polar surface area (TPSA) is 125 Å². The lowest BCUT2D eigenvalue weighted by atomic mass is 9.79. The SMILES string of the molecule is C[C@@H](Oc1ccc2[nH]nc(-c3cnc(N4CC5(CCS(=O)(=O)C5)C4)c(C#N)c3)c2c1)c1c(Cl)cncc1Cl. The summed E-state index contributed by atoms with van der Waals surface area (Å²) in [5.74, 6) is 1.60. The fraction of sp³-hybridized carbons (Fsp3) is 0.308. The predicted molar refractivity (Wildman–Crippen MR) is 145 cm³/mol. The van der Waals surface area contributed by atoms with Crippen LogP contribution in [0.15, 0.2) is 42.9 Å². The van der Waals surface area contributed by atoms with Crippen LogP contribution in [0.25, 0.3) is 22.2 Å². The van der Waals surface area contributed by atoms with Crippen LogP contribution in [0.5, 0.6) is 5.75 Å². The molecule has 12 heteroatoms. The molecule has 2 fully saturated rings. The molecule has 0 amide bonds. The molecule has 9 nitrogen and oxygen atoms in total. The summed E-state index contributed by atoms with van der Waals surface area (Å²) in [6.45, 7) is 3.03. The van der Waals surface area contributed by atoms with Crippen LogP contribution in [0.4, 0.5) is 5.82 Å². The fourth-order valence-electron chi connectivity index (χ4n) is 5.43. The Hall–Kier alpha value is -3.39. The van der Waals surface area contributed by atoms with Gasteiger partial charge in [-0.15, -0.1) is 0 Å². The third-order valence-corrected chi connectivity index (χ3v) is 9.71. The van der Waals surface area contributed by atoms with E-state index < -0.39 is 15.9 Å². The van der Waals surface area contributed by atoms with Gasteiger partial charge in [0.2, 0.25) is 0 Å². The number of ether oxygens (including phenoxy) is 1. The molecular weight excluding hydrogens is 547 g/mol. The summed E-state index contributed by atoms with van der Waals surface area (Å²) in [5.41, 5.74) is 2.96. The molecule has 2 saturated heterocycles. The second-order valence-corrected chi connectivity index (χ2v) is 13.0. The Kier molecular flexibility index (Phi) is 5.98. The van der Waals surface area contributed by atoms with Crippen LogP contribution in [0.3, 0.4) is 0 Å². The van der Waals surface area contributed by atoms with Crippen molar-refractivity contribution in [2.75, 3.05) is 29.5 Å². The summed E-state index contributed by atoms with van der Waals surface area (Å²) in [6.07, 6.45) is 4.98. The summed E-state index contributed by atoms with van der Waals surface area (Å²) in [6, 6.07) is 9.57. The first-order chi connectivity index (χ1) is 18.2. The Bertz CT molecular complexity index is 1710. The minimum Gasteiger partial charge on any atom is -0.486 e. The number of hydrogen-bond acceptors (Lipinski definition) is 8. The Morgan fingerprint density at radius 2 is 1.95 bits per heavy atom. The molecule has 4 aromatic rings. The van der Waals surface area contributed by atoms with E-state index in [0.29, 0.717) is 63.5 Å². The molecular formula is C26H22Cl2N6O3S. The monoisotopic (exact) mass is 568 g/mol. The molecule has 3 aromatic heterocycles. The van der Waals surface area contributed by atoms with E-state index in [2.05, 4.69) is 26.2 Å². The Morgan fingerprint density at radius 3 is 2.63 bits per heavy atom. The van der Waals surface area contributed by atoms with Gasteiger partial charge >= 0.3 is 0 Å². The first-order valence-corrected chi connectivity index (χ1v) is 14.5. The van der Waals surface area contributed by atoms with Crippen molar-refractivity contribution in [3.05, 3.63) is 64.0 Å². The molecule has 0 unspecified atom stereocenters. The van der Waals surface area contributed by atoms with E-state index in [-0.39, 0.29) is 16.9 Å². The summed E-state index contributed by atoms with van der Waals surface area (Å²) in [7, 11) is -2.97. The highest BCUT2D eigenvalue weighted by Gasteiger charge is 2.51. The number of fused-ring (bicyclic) bond motifs is 1. The van der Waals surface area contributed by atoms with E-state index in [4.69, 9.17) is 27.9 Å². The van der Waals surface area contributed by atoms with Crippen LogP contribution in [-0.2, 0) is 9.84 Å². The average molecular weight is 569 g/mol. The van der Waals surface area contributed by atoms with Crippen molar-refractivity contribution in [3.8, 4) is 23.1 Å². The smallest absolute Gasteiger partial charge is 0.151 e. The number of halogens is 2. The highest BCUT2D eigenvalue weighted by Crippen LogP contribution is 2.43. The van der Waals surface area contributed by atoms with Crippen molar-refractivity contribution in [3.63, 3.8) is 0 Å². The molecule has 0 aliphatic carbocycles. The van der Waals surface area contributed by atoms with Gasteiger partial charge < -0.3 is 9.64 Å². The van der Waals surface area contributed by atoms with Gasteiger partial charge in [-0.2, -0.15) is 10.4 Å². The van der Waals surface area contributed by atoms with E-state index in [1.165, 1.54) is 12.4 Å². The van der Waals surface area contributed by atoms with Gasteiger partial charge in [0, 0.05) is 53.6 Å². The molecule has 38 heavy (non-hydrogen) atoms. The van der Waals surface area contributed by atoms with Crippen molar-refractivity contribution in [2.45, 2.75) is 19.4 Å². The quantitative estimate of drug-likeness (QED) is 0.358. The Balaban J connectivity index is 1.27. The highest BCUT2D eigenvalue weighted by atomic mass is 35.5. The fourth-order valence-corrected chi connectivity index (χ4v) is 8.25. The van der Waals surface area contributed by atoms with Crippen molar-refractivity contribution in [1.29, 1.82) is 5.26 Å². The minimum absolute atomic E-state index is 0.207. The van der Waals surface area contributed by atoms with E-state index in [1.54, 1.807) is 12.3 Å². The van der Waals surface area contributed by atoms with Gasteiger partial charge in [0.25, 0.3) is 0 Å². The van der Waals surface area contributed by atoms with Crippen molar-refractivity contribution in [2.24, 2.45) is 5.41 Å². The summed E-state index contributed by atoms with van der Waals surface area (Å²) < 4.78 is 30.1. The summed E-state index contributed by atoms with van der Waals surface area (Å²) in [5, 5.41) is 19.0. The molecule has 194 valence electrons. The maximum absolute atomic E-state index is 12.0. The average Bonchev–Trinajstić information content (AvgIpc) is 3.43. The Labute approximate surface area is 229 Å². The zero-order valence-corrected chi connectivity index (χ0v) is 22.6. The van der Waals surface area contributed by atoms with Crippen LogP contribution < -0.4 is 9.64 Å². The molecule has 0 radical (unpaired) electrons. The maximum Gasteiger partial charge on any atom is 0.151 e. The van der Waals surface area contributed by atoms with Gasteiger partial charge in [0.15, 0.2) is 9.84 Å². The largest absolute Gasteiger partial charge is 0.486 e. The zero-order valence-electron chi connectivity index (χ0n) is 20.3. The van der Waals surface area contributed by atoms with Crippen molar-refractivity contribution < 1.29 is 13.2 Å². The van der Waals surface area contributed by atoms with Crippen LogP contribution in [0, 0.1) is 16.7 Å². The highest BCUT2D eigenvalue weighted by molar-refractivity contribution is 7.91. The number of nitriles is 1. The molecule has 1 spiro atoms. The lowest BCUT2D eigenvalue weighted by molar-refractivity contribution is 0.227. The lowest BCUT2D eigenvalue weighted by Gasteiger charge is -2.48. The number of pyridine rings is 2. The Morgan fingerprint density at radius 1 is 1.18 bits per heavy atom. The standard InChI is InChI=1S/C26H22Cl2N6O3S/c1-15(23-20(27)10-30-11-21(23)28)37-18-2-3-22-19(7-18)24(33-32-22)17-6-16(8-29)25(31-9-17)34-12-26(13-34)4-5-38(35,36)14-26/h2-3,6-7,9-11,15H,4-5,12-14H2,1H3,(H,32,33)/t15-/m1/s1. The number of anilines is 1. The van der Waals surface area contributed by atoms with Crippen LogP contribution >= 0.6 is 23.2 Å². The number of rotatable bonds is 5. The first kappa shape index (κ1) is 24.9. The molecule has 1 aromatic carbocycles. The van der Waals surface area contributed by atoms with Gasteiger partial charge in [0.05, 0.1) is 32.6 Å². The number of aromatic nitrogens is 4. The number of sulfone groups is 1. The molecule has 0 bridgehead atoms. The van der Waals surface area contributed by atoms with Gasteiger partial charge in [-0.05, 0) is 37.6 Å². The van der Waals surface area contributed by atoms with E-state index in [1.807, 2.05) is 30.0 Å². The number of nitrogens with one attached hydrogen (secondary N) is 1. The van der Waals surface area contributed by atoms with Crippen molar-refractivity contribution >= 4 is 49.8 Å². The lowest BCUT2D eigenvalue weighted by Crippen LogP contribution is -2.57. The van der Waals surface area contributed by atoms with E-state index in [9.17, 15) is 13.7 Å². The number of hydrogen-bond donors (Lipinski definition) is 1. The van der Waals surface area contributed by atoms with E-state index >= 15 is 0 Å². The third-order valence-electron chi connectivity index (χ3n) is 7.23. The molecule has 1 N–H and O–H groups in total. The predicted octanol–water partition coefficient (Wildman–Crippen LogP) is 4.96. The molecule has 0 saturated carbocycles. The normalized spacial score (nSPS) is 18.3. The second kappa shape index (κ2) is 9.12. The van der Waals surface area contributed by atoms with Crippen LogP contribution in [0.2, 0.25) is 10.0 Å². The maximum atomic E-state index is 12.0. The summed E-state index contributed by atoms with van der Waals surface area (Å²) in [4.78, 5) is 10.6. The zero-order chi connectivity index (χ0) is 26.7. The van der Waals surface area contributed by atoms with E-state index in [0.717, 1.165) is 10.9 Å². The van der Waals surface area contributed by atoms with Gasteiger partial charge in [-0.25, -0.2) is 13.4 Å². The second-order valence-electron chi connectivity index (χ2n) is 9.96. The number of H-pyrrole nitrogens is 1. The summed E-state index contributed by atoms with van der Waals surface area (Å²) >= 11 is 12.6. The third kappa shape index (κ3) is 4.34. The molecule has 6 rings (SSSR count). The number of benzene rings is 1. The molecule has 1 atom stereocenters. The van der Waals surface area contributed by atoms with Gasteiger partial charge in [-0.1, -0.05) is 23.2 Å². The van der Waals surface area contributed by atoms with Gasteiger partial charge in [-0.3, -0.25) is 10.1 Å². The minimum atomic E-state index is -2.97. The number of aromatic amines is 1. The van der Waals surface area contributed by atoms with Crippen LogP contribution in [0.1, 0.15) is 30.6 Å². The number of nitrogens with zero attached hydrogens (tertiary/aromatic N) is 5. The molecule has 2 aliphatic heterocycles. The molecule has 2 aliphatic rings. The molecule has 5 heterocycles. The van der Waals surface area contributed by atoms with Crippen molar-refractivity contribution in [1.82, 2.24) is 20.2 Å². The first-order valence-electron chi connectivity index (χ1n) is 12.0. The van der Waals surface area contributed by atoms with Gasteiger partial charge in [0.1, 0.15) is 29.4 Å².